The van der Waals surface area contributed by atoms with Crippen molar-refractivity contribution < 1.29 is 9.59 Å². The third-order valence-electron chi connectivity index (χ3n) is 5.59. The van der Waals surface area contributed by atoms with E-state index in [4.69, 9.17) is 0 Å². The number of anilines is 1. The molecule has 1 aliphatic carbocycles. The normalized spacial score (nSPS) is 19.5. The first-order chi connectivity index (χ1) is 13.0. The summed E-state index contributed by atoms with van der Waals surface area (Å²) in [6, 6.07) is -0.198. The molecule has 2 fully saturated rings. The molecule has 0 aromatic carbocycles. The molecule has 0 radical (unpaired) electrons. The van der Waals surface area contributed by atoms with Crippen LogP contribution in [0, 0.1) is 5.92 Å². The summed E-state index contributed by atoms with van der Waals surface area (Å²) >= 11 is 0. The topological polar surface area (TPSA) is 101 Å². The Morgan fingerprint density at radius 3 is 2.54 bits per heavy atom. The second kappa shape index (κ2) is 10.8. The van der Waals surface area contributed by atoms with E-state index in [9.17, 15) is 9.59 Å². The standard InChI is InChI=1S/C19H32N6O2.ClH/c1-13(21-18(27)15-6-4-3-5-7-15)12-16(26)22-19-23-17(24-25(19)2)14-8-10-20-11-9-14;/h13-15,20H,3-12H2,1-2H3,(H,21,27)(H,22,23,24,26);1H. The van der Waals surface area contributed by atoms with Gasteiger partial charge in [-0.2, -0.15) is 10.1 Å². The van der Waals surface area contributed by atoms with E-state index in [0.717, 1.165) is 57.4 Å². The number of carbonyl (C=O) groups is 2. The van der Waals surface area contributed by atoms with Gasteiger partial charge in [-0.15, -0.1) is 12.4 Å². The quantitative estimate of drug-likeness (QED) is 0.664. The van der Waals surface area contributed by atoms with Crippen LogP contribution in [0.4, 0.5) is 5.95 Å². The van der Waals surface area contributed by atoms with E-state index in [1.165, 1.54) is 6.42 Å². The second-order valence-corrected chi connectivity index (χ2v) is 7.94. The smallest absolute Gasteiger partial charge is 0.228 e. The van der Waals surface area contributed by atoms with Crippen LogP contribution in [0.1, 0.15) is 70.0 Å². The van der Waals surface area contributed by atoms with Crippen LogP contribution in [0.25, 0.3) is 0 Å². The van der Waals surface area contributed by atoms with Gasteiger partial charge in [0.05, 0.1) is 0 Å². The lowest BCUT2D eigenvalue weighted by atomic mass is 9.88. The van der Waals surface area contributed by atoms with Crippen LogP contribution in [0.5, 0.6) is 0 Å². The number of halogens is 1. The molecule has 0 bridgehead atoms. The van der Waals surface area contributed by atoms with Crippen LogP contribution >= 0.6 is 12.4 Å². The van der Waals surface area contributed by atoms with Gasteiger partial charge in [0.25, 0.3) is 0 Å². The van der Waals surface area contributed by atoms with Crippen molar-refractivity contribution >= 4 is 30.2 Å². The molecule has 3 N–H and O–H groups in total. The van der Waals surface area contributed by atoms with Gasteiger partial charge in [0.15, 0.2) is 5.82 Å². The Morgan fingerprint density at radius 1 is 1.18 bits per heavy atom. The van der Waals surface area contributed by atoms with E-state index in [-0.39, 0.29) is 42.6 Å². The maximum absolute atomic E-state index is 12.4. The molecule has 1 aromatic rings. The molecule has 9 heteroatoms. The third kappa shape index (κ3) is 6.17. The van der Waals surface area contributed by atoms with Gasteiger partial charge in [-0.05, 0) is 45.7 Å². The zero-order chi connectivity index (χ0) is 19.2. The van der Waals surface area contributed by atoms with Crippen LogP contribution < -0.4 is 16.0 Å². The van der Waals surface area contributed by atoms with Crippen LogP contribution in [0.3, 0.4) is 0 Å². The number of rotatable bonds is 6. The number of hydrogen-bond donors (Lipinski definition) is 3. The zero-order valence-electron chi connectivity index (χ0n) is 16.9. The lowest BCUT2D eigenvalue weighted by molar-refractivity contribution is -0.126. The van der Waals surface area contributed by atoms with Crippen LogP contribution in [-0.4, -0.2) is 45.7 Å². The molecule has 158 valence electrons. The summed E-state index contributed by atoms with van der Waals surface area (Å²) in [7, 11) is 1.79. The molecule has 1 aromatic heterocycles. The molecule has 0 spiro atoms. The average Bonchev–Trinajstić information content (AvgIpc) is 3.03. The summed E-state index contributed by atoms with van der Waals surface area (Å²) < 4.78 is 1.63. The number of aryl methyl sites for hydroxylation is 1. The second-order valence-electron chi connectivity index (χ2n) is 7.94. The molecule has 1 aliphatic heterocycles. The molecule has 2 heterocycles. The Balaban J connectivity index is 0.00000280. The molecule has 1 atom stereocenters. The third-order valence-corrected chi connectivity index (χ3v) is 5.59. The highest BCUT2D eigenvalue weighted by Gasteiger charge is 2.24. The largest absolute Gasteiger partial charge is 0.353 e. The molecule has 28 heavy (non-hydrogen) atoms. The van der Waals surface area contributed by atoms with Crippen molar-refractivity contribution in [3.63, 3.8) is 0 Å². The highest BCUT2D eigenvalue weighted by molar-refractivity contribution is 5.90. The number of amides is 2. The van der Waals surface area contributed by atoms with Gasteiger partial charge in [-0.25, -0.2) is 4.68 Å². The molecule has 2 aliphatic rings. The molecule has 1 saturated carbocycles. The highest BCUT2D eigenvalue weighted by Crippen LogP contribution is 2.24. The summed E-state index contributed by atoms with van der Waals surface area (Å²) in [5.41, 5.74) is 0. The van der Waals surface area contributed by atoms with Gasteiger partial charge < -0.3 is 10.6 Å². The van der Waals surface area contributed by atoms with Crippen molar-refractivity contribution in [1.82, 2.24) is 25.4 Å². The van der Waals surface area contributed by atoms with E-state index in [2.05, 4.69) is 26.0 Å². The highest BCUT2D eigenvalue weighted by atomic mass is 35.5. The average molecular weight is 413 g/mol. The first-order valence-corrected chi connectivity index (χ1v) is 10.2. The van der Waals surface area contributed by atoms with Crippen molar-refractivity contribution in [1.29, 1.82) is 0 Å². The Hall–Kier alpha value is -1.67. The fourth-order valence-corrected chi connectivity index (χ4v) is 4.00. The zero-order valence-corrected chi connectivity index (χ0v) is 17.7. The Bertz CT molecular complexity index is 653. The molecular formula is C19H33ClN6O2. The van der Waals surface area contributed by atoms with Crippen molar-refractivity contribution in [2.45, 2.75) is 70.3 Å². The predicted octanol–water partition coefficient (Wildman–Crippen LogP) is 2.12. The minimum atomic E-state index is -0.198. The molecular weight excluding hydrogens is 380 g/mol. The molecule has 1 unspecified atom stereocenters. The Kier molecular flexibility index (Phi) is 8.69. The van der Waals surface area contributed by atoms with E-state index >= 15 is 0 Å². The van der Waals surface area contributed by atoms with Crippen LogP contribution in [0.2, 0.25) is 0 Å². The van der Waals surface area contributed by atoms with Crippen molar-refractivity contribution in [3.05, 3.63) is 5.82 Å². The first kappa shape index (κ1) is 22.6. The Morgan fingerprint density at radius 2 is 1.86 bits per heavy atom. The van der Waals surface area contributed by atoms with Gasteiger partial charge in [0, 0.05) is 31.3 Å². The number of carbonyl (C=O) groups excluding carboxylic acids is 2. The van der Waals surface area contributed by atoms with Gasteiger partial charge in [0.1, 0.15) is 0 Å². The summed E-state index contributed by atoms with van der Waals surface area (Å²) in [6.45, 7) is 3.82. The monoisotopic (exact) mass is 412 g/mol. The fraction of sp³-hybridized carbons (Fsp3) is 0.789. The molecule has 1 saturated heterocycles. The van der Waals surface area contributed by atoms with Crippen molar-refractivity contribution in [3.8, 4) is 0 Å². The predicted molar refractivity (Wildman–Crippen MR) is 111 cm³/mol. The van der Waals surface area contributed by atoms with Gasteiger partial charge in [-0.1, -0.05) is 19.3 Å². The maximum atomic E-state index is 12.4. The molecule has 2 amide bonds. The van der Waals surface area contributed by atoms with E-state index < -0.39 is 0 Å². The van der Waals surface area contributed by atoms with Crippen molar-refractivity contribution in [2.24, 2.45) is 13.0 Å². The molecule has 3 rings (SSSR count). The van der Waals surface area contributed by atoms with Gasteiger partial charge >= 0.3 is 0 Å². The lowest BCUT2D eigenvalue weighted by Crippen LogP contribution is -2.39. The number of nitrogens with one attached hydrogen (secondary N) is 3. The molecule has 8 nitrogen and oxygen atoms in total. The fourth-order valence-electron chi connectivity index (χ4n) is 4.00. The van der Waals surface area contributed by atoms with E-state index in [1.54, 1.807) is 11.7 Å². The lowest BCUT2D eigenvalue weighted by Gasteiger charge is -2.23. The number of piperidine rings is 1. The van der Waals surface area contributed by atoms with E-state index in [0.29, 0.717) is 11.9 Å². The number of nitrogens with zero attached hydrogens (tertiary/aromatic N) is 3. The van der Waals surface area contributed by atoms with Crippen LogP contribution in [0.15, 0.2) is 0 Å². The van der Waals surface area contributed by atoms with Gasteiger partial charge in [0.2, 0.25) is 17.8 Å². The number of aromatic nitrogens is 3. The van der Waals surface area contributed by atoms with E-state index in [1.807, 2.05) is 6.92 Å². The summed E-state index contributed by atoms with van der Waals surface area (Å²) in [6.07, 6.45) is 7.65. The summed E-state index contributed by atoms with van der Waals surface area (Å²) in [5, 5.41) is 13.6. The van der Waals surface area contributed by atoms with Crippen molar-refractivity contribution in [2.75, 3.05) is 18.4 Å². The van der Waals surface area contributed by atoms with Crippen LogP contribution in [-0.2, 0) is 16.6 Å². The Labute approximate surface area is 173 Å². The summed E-state index contributed by atoms with van der Waals surface area (Å²) in [5.74, 6) is 1.65. The summed E-state index contributed by atoms with van der Waals surface area (Å²) in [4.78, 5) is 29.2. The number of hydrogen-bond acceptors (Lipinski definition) is 5. The maximum Gasteiger partial charge on any atom is 0.228 e. The van der Waals surface area contributed by atoms with Gasteiger partial charge in [-0.3, -0.25) is 14.9 Å². The first-order valence-electron chi connectivity index (χ1n) is 10.2. The minimum absolute atomic E-state index is 0. The SMILES string of the molecule is CC(CC(=O)Nc1nc(C2CCNCC2)nn1C)NC(=O)C1CCCCC1.Cl. The minimum Gasteiger partial charge on any atom is -0.353 e.